The fourth-order valence-corrected chi connectivity index (χ4v) is 12.8. The third-order valence-electron chi connectivity index (χ3n) is 12.4. The summed E-state index contributed by atoms with van der Waals surface area (Å²) in [5.41, 5.74) is -1.01. The monoisotopic (exact) mass is 740 g/mol. The van der Waals surface area contributed by atoms with E-state index < -0.39 is 73.2 Å². The second-order valence-electron chi connectivity index (χ2n) is 14.8. The van der Waals surface area contributed by atoms with Crippen molar-refractivity contribution in [1.29, 1.82) is 0 Å². The van der Waals surface area contributed by atoms with Gasteiger partial charge in [0.05, 0.1) is 44.0 Å². The summed E-state index contributed by atoms with van der Waals surface area (Å²) in [5.74, 6) is -1.83. The molecular formula is C40H56O11Si. The van der Waals surface area contributed by atoms with Gasteiger partial charge in [0.25, 0.3) is 0 Å². The van der Waals surface area contributed by atoms with Gasteiger partial charge in [-0.2, -0.15) is 0 Å². The average Bonchev–Trinajstić information content (AvgIpc) is 3.10. The van der Waals surface area contributed by atoms with Crippen molar-refractivity contribution < 1.29 is 52.0 Å². The Morgan fingerprint density at radius 3 is 2.00 bits per heavy atom. The van der Waals surface area contributed by atoms with Crippen molar-refractivity contribution in [1.82, 2.24) is 0 Å². The summed E-state index contributed by atoms with van der Waals surface area (Å²) in [6.45, 7) is 17.1. The van der Waals surface area contributed by atoms with Crippen LogP contribution in [0.5, 0.6) is 0 Å². The zero-order valence-electron chi connectivity index (χ0n) is 32.8. The number of fused-ring (bicyclic) bond motifs is 5. The molecule has 1 heterocycles. The Bertz CT molecular complexity index is 1650. The van der Waals surface area contributed by atoms with E-state index in [2.05, 4.69) is 20.8 Å². The van der Waals surface area contributed by atoms with E-state index in [9.17, 15) is 14.4 Å². The third-order valence-corrected chi connectivity index (χ3v) is 17.0. The number of carbonyl (C=O) groups excluding carboxylic acids is 3. The van der Waals surface area contributed by atoms with Crippen molar-refractivity contribution in [2.24, 2.45) is 11.3 Å². The minimum absolute atomic E-state index is 0.0351. The molecule has 2 fully saturated rings. The fraction of sp³-hybridized carbons (Fsp3) is 0.625. The standard InChI is InChI=1S/C40H56O11Si/c1-13-52(14-2,15-3)51-28-21-29-39(22-47-29,50-26(8)42)35-34(49-37(43)27-19-17-16-18-20-27)33(45-11)31-32(44-10)24(6)30(23(4)5)36(48-25(7)41)40(31,46-12)38(28,35)9/h16-20,28-29,34-36H,13-15,21-22H2,1-12H3/t28-,29?,34+,35-,36+,38+,39-,40+/m0/s1. The van der Waals surface area contributed by atoms with E-state index in [1.165, 1.54) is 21.0 Å². The Kier molecular flexibility index (Phi) is 11.3. The summed E-state index contributed by atoms with van der Waals surface area (Å²) in [5, 5.41) is 0. The highest BCUT2D eigenvalue weighted by atomic mass is 28.4. The number of hydrogen-bond acceptors (Lipinski definition) is 11. The molecule has 0 spiro atoms. The molecule has 0 bridgehead atoms. The highest BCUT2D eigenvalue weighted by Gasteiger charge is 2.82. The number of rotatable bonds is 12. The summed E-state index contributed by atoms with van der Waals surface area (Å²) >= 11 is 0. The van der Waals surface area contributed by atoms with Crippen LogP contribution in [0.1, 0.15) is 79.1 Å². The summed E-state index contributed by atoms with van der Waals surface area (Å²) in [7, 11) is 2.24. The van der Waals surface area contributed by atoms with Gasteiger partial charge in [-0.05, 0) is 56.6 Å². The number of ether oxygens (including phenoxy) is 7. The molecule has 8 atom stereocenters. The van der Waals surface area contributed by atoms with Crippen molar-refractivity contribution in [3.63, 3.8) is 0 Å². The van der Waals surface area contributed by atoms with Crippen LogP contribution in [-0.4, -0.2) is 89.8 Å². The molecule has 3 aliphatic carbocycles. The Balaban J connectivity index is 2.00. The molecule has 1 aromatic rings. The van der Waals surface area contributed by atoms with Crippen molar-refractivity contribution in [2.75, 3.05) is 27.9 Å². The summed E-state index contributed by atoms with van der Waals surface area (Å²) in [6, 6.07) is 11.3. The second-order valence-corrected chi connectivity index (χ2v) is 19.6. The smallest absolute Gasteiger partial charge is 0.338 e. The van der Waals surface area contributed by atoms with Crippen LogP contribution in [0, 0.1) is 11.3 Å². The van der Waals surface area contributed by atoms with Crippen molar-refractivity contribution >= 4 is 26.2 Å². The maximum absolute atomic E-state index is 14.2. The zero-order chi connectivity index (χ0) is 38.4. The van der Waals surface area contributed by atoms with Crippen LogP contribution in [0.2, 0.25) is 18.1 Å². The fourth-order valence-electron chi connectivity index (χ4n) is 9.89. The van der Waals surface area contributed by atoms with Crippen molar-refractivity contribution in [3.05, 3.63) is 69.7 Å². The first-order valence-corrected chi connectivity index (χ1v) is 20.8. The minimum Gasteiger partial charge on any atom is -0.497 e. The van der Waals surface area contributed by atoms with Crippen LogP contribution in [0.4, 0.5) is 0 Å². The predicted molar refractivity (Wildman–Crippen MR) is 196 cm³/mol. The average molecular weight is 741 g/mol. The summed E-state index contributed by atoms with van der Waals surface area (Å²) in [4.78, 5) is 40.6. The number of benzene rings is 1. The molecule has 0 radical (unpaired) electrons. The van der Waals surface area contributed by atoms with E-state index in [0.29, 0.717) is 28.9 Å². The SMILES string of the molecule is CC[Si](CC)(CC)O[C@H]1CC2OC[C@@]2(OC(C)=O)[C@H]2[C@H](OC(=O)c3ccccc3)C(OC)=C3C(OC)=C(C)C(=C(C)C)[C@@H](OC(C)=O)[C@@]3(OC)[C@]12C. The molecule has 52 heavy (non-hydrogen) atoms. The Morgan fingerprint density at radius 1 is 0.904 bits per heavy atom. The first-order chi connectivity index (χ1) is 24.6. The summed E-state index contributed by atoms with van der Waals surface area (Å²) in [6.07, 6.45) is -3.05. The normalized spacial score (nSPS) is 32.5. The van der Waals surface area contributed by atoms with Gasteiger partial charge in [0.2, 0.25) is 0 Å². The molecule has 286 valence electrons. The van der Waals surface area contributed by atoms with Crippen LogP contribution >= 0.6 is 0 Å². The summed E-state index contributed by atoms with van der Waals surface area (Å²) < 4.78 is 52.9. The number of allylic oxidation sites excluding steroid dienone is 1. The zero-order valence-corrected chi connectivity index (χ0v) is 33.8. The van der Waals surface area contributed by atoms with Crippen molar-refractivity contribution in [3.8, 4) is 0 Å². The molecule has 0 N–H and O–H groups in total. The molecule has 0 aromatic heterocycles. The lowest BCUT2D eigenvalue weighted by Gasteiger charge is -2.71. The number of hydrogen-bond donors (Lipinski definition) is 0. The molecule has 1 aromatic carbocycles. The maximum Gasteiger partial charge on any atom is 0.338 e. The number of methoxy groups -OCH3 is 3. The van der Waals surface area contributed by atoms with Gasteiger partial charge in [0, 0.05) is 38.4 Å². The molecular weight excluding hydrogens is 685 g/mol. The minimum atomic E-state index is -2.41. The van der Waals surface area contributed by atoms with Gasteiger partial charge >= 0.3 is 17.9 Å². The predicted octanol–water partition coefficient (Wildman–Crippen LogP) is 6.83. The van der Waals surface area contributed by atoms with Gasteiger partial charge in [-0.1, -0.05) is 51.5 Å². The highest BCUT2D eigenvalue weighted by Crippen LogP contribution is 2.70. The van der Waals surface area contributed by atoms with Crippen LogP contribution in [0.25, 0.3) is 0 Å². The Morgan fingerprint density at radius 2 is 1.54 bits per heavy atom. The lowest BCUT2D eigenvalue weighted by Crippen LogP contribution is -2.83. The molecule has 0 amide bonds. The molecule has 5 rings (SSSR count). The molecule has 1 saturated carbocycles. The van der Waals surface area contributed by atoms with Gasteiger partial charge in [-0.15, -0.1) is 0 Å². The first-order valence-electron chi connectivity index (χ1n) is 18.3. The molecule has 12 heteroatoms. The highest BCUT2D eigenvalue weighted by molar-refractivity contribution is 6.73. The lowest BCUT2D eigenvalue weighted by atomic mass is 9.42. The molecule has 11 nitrogen and oxygen atoms in total. The van der Waals surface area contributed by atoms with Gasteiger partial charge in [0.1, 0.15) is 23.2 Å². The number of carbonyl (C=O) groups is 3. The largest absolute Gasteiger partial charge is 0.497 e. The topological polar surface area (TPSA) is 125 Å². The van der Waals surface area contributed by atoms with Gasteiger partial charge in [-0.25, -0.2) is 4.79 Å². The van der Waals surface area contributed by atoms with Crippen LogP contribution in [-0.2, 0) is 47.2 Å². The first kappa shape index (κ1) is 39.7. The van der Waals surface area contributed by atoms with Crippen LogP contribution < -0.4 is 0 Å². The maximum atomic E-state index is 14.2. The van der Waals surface area contributed by atoms with Crippen LogP contribution in [0.3, 0.4) is 0 Å². The quantitative estimate of drug-likeness (QED) is 0.127. The van der Waals surface area contributed by atoms with Crippen LogP contribution in [0.15, 0.2) is 64.1 Å². The van der Waals surface area contributed by atoms with Gasteiger partial charge < -0.3 is 37.6 Å². The van der Waals surface area contributed by atoms with Gasteiger partial charge in [0.15, 0.2) is 26.1 Å². The van der Waals surface area contributed by atoms with E-state index in [0.717, 1.165) is 29.3 Å². The van der Waals surface area contributed by atoms with E-state index in [1.807, 2.05) is 33.8 Å². The molecule has 1 saturated heterocycles. The lowest BCUT2D eigenvalue weighted by molar-refractivity contribution is -0.360. The molecule has 1 aliphatic heterocycles. The van der Waals surface area contributed by atoms with E-state index >= 15 is 0 Å². The van der Waals surface area contributed by atoms with Gasteiger partial charge in [-0.3, -0.25) is 9.59 Å². The van der Waals surface area contributed by atoms with E-state index in [1.54, 1.807) is 38.5 Å². The Hall–Kier alpha value is -3.45. The third kappa shape index (κ3) is 5.75. The Labute approximate surface area is 309 Å². The molecule has 4 aliphatic rings. The molecule has 1 unspecified atom stereocenters. The van der Waals surface area contributed by atoms with Crippen molar-refractivity contribution in [2.45, 2.75) is 122 Å². The van der Waals surface area contributed by atoms with E-state index in [4.69, 9.17) is 37.6 Å². The second kappa shape index (κ2) is 14.8. The number of esters is 3. The van der Waals surface area contributed by atoms with E-state index in [-0.39, 0.29) is 12.4 Å².